The van der Waals surface area contributed by atoms with Gasteiger partial charge in [0.05, 0.1) is 0 Å². The van der Waals surface area contributed by atoms with Crippen molar-refractivity contribution in [1.82, 2.24) is 4.90 Å². The van der Waals surface area contributed by atoms with Gasteiger partial charge in [0, 0.05) is 19.6 Å². The molecule has 4 heteroatoms. The zero-order valence-electron chi connectivity index (χ0n) is 7.24. The van der Waals surface area contributed by atoms with E-state index in [0.29, 0.717) is 6.54 Å². The molecule has 11 heavy (non-hydrogen) atoms. The zero-order valence-corrected chi connectivity index (χ0v) is 7.24. The molecule has 0 saturated carbocycles. The molecule has 66 valence electrons. The summed E-state index contributed by atoms with van der Waals surface area (Å²) in [5, 5.41) is 8.60. The van der Waals surface area contributed by atoms with Crippen molar-refractivity contribution in [3.63, 3.8) is 0 Å². The summed E-state index contributed by atoms with van der Waals surface area (Å²) in [7, 11) is 1.54. The number of rotatable bonds is 3. The fourth-order valence-electron chi connectivity index (χ4n) is 1.02. The molecule has 4 nitrogen and oxygen atoms in total. The molecule has 0 aromatic heterocycles. The maximum atomic E-state index is 10.5. The minimum Gasteiger partial charge on any atom is -0.465 e. The van der Waals surface area contributed by atoms with Crippen LogP contribution in [-0.2, 0) is 0 Å². The smallest absolute Gasteiger partial charge is 0.407 e. The molecule has 0 radical (unpaired) electrons. The Hall–Kier alpha value is -0.770. The highest BCUT2D eigenvalue weighted by Crippen LogP contribution is 2.06. The van der Waals surface area contributed by atoms with Crippen LogP contribution >= 0.6 is 0 Å². The Morgan fingerprint density at radius 3 is 2.18 bits per heavy atom. The first-order chi connectivity index (χ1) is 5.00. The Morgan fingerprint density at radius 1 is 1.64 bits per heavy atom. The molecule has 0 aliphatic carbocycles. The zero-order chi connectivity index (χ0) is 9.02. The summed E-state index contributed by atoms with van der Waals surface area (Å²) in [5.41, 5.74) is 5.41. The van der Waals surface area contributed by atoms with Crippen molar-refractivity contribution >= 4 is 6.09 Å². The van der Waals surface area contributed by atoms with Gasteiger partial charge in [-0.2, -0.15) is 0 Å². The first-order valence-electron chi connectivity index (χ1n) is 3.66. The molecule has 0 aromatic rings. The van der Waals surface area contributed by atoms with Crippen molar-refractivity contribution in [2.45, 2.75) is 19.9 Å². The Bertz CT molecular complexity index is 136. The molecule has 1 atom stereocenters. The lowest BCUT2D eigenvalue weighted by Crippen LogP contribution is -2.44. The van der Waals surface area contributed by atoms with E-state index in [-0.39, 0.29) is 12.0 Å². The monoisotopic (exact) mass is 160 g/mol. The molecule has 0 aliphatic heterocycles. The first-order valence-corrected chi connectivity index (χ1v) is 3.66. The van der Waals surface area contributed by atoms with Gasteiger partial charge in [0.25, 0.3) is 0 Å². The van der Waals surface area contributed by atoms with E-state index in [4.69, 9.17) is 10.8 Å². The summed E-state index contributed by atoms with van der Waals surface area (Å²) in [6, 6.07) is -0.0764. The van der Waals surface area contributed by atoms with Gasteiger partial charge in [0.1, 0.15) is 0 Å². The largest absolute Gasteiger partial charge is 0.465 e. The van der Waals surface area contributed by atoms with Gasteiger partial charge < -0.3 is 15.7 Å². The van der Waals surface area contributed by atoms with Gasteiger partial charge >= 0.3 is 6.09 Å². The average Bonchev–Trinajstić information content (AvgIpc) is 1.88. The van der Waals surface area contributed by atoms with Crippen LogP contribution in [0.25, 0.3) is 0 Å². The second kappa shape index (κ2) is 4.18. The fourth-order valence-corrected chi connectivity index (χ4v) is 1.02. The third kappa shape index (κ3) is 2.76. The van der Waals surface area contributed by atoms with Crippen LogP contribution in [0.15, 0.2) is 0 Å². The van der Waals surface area contributed by atoms with Crippen molar-refractivity contribution in [1.29, 1.82) is 0 Å². The van der Waals surface area contributed by atoms with Gasteiger partial charge in [-0.1, -0.05) is 13.8 Å². The molecule has 0 heterocycles. The van der Waals surface area contributed by atoms with Crippen molar-refractivity contribution in [3.05, 3.63) is 0 Å². The highest BCUT2D eigenvalue weighted by atomic mass is 16.4. The quantitative estimate of drug-likeness (QED) is 0.634. The summed E-state index contributed by atoms with van der Waals surface area (Å²) in [6.45, 7) is 4.29. The van der Waals surface area contributed by atoms with E-state index >= 15 is 0 Å². The van der Waals surface area contributed by atoms with Gasteiger partial charge in [0.15, 0.2) is 0 Å². The lowest BCUT2D eigenvalue weighted by Gasteiger charge is -2.27. The maximum Gasteiger partial charge on any atom is 0.407 e. The highest BCUT2D eigenvalue weighted by Gasteiger charge is 2.20. The number of amides is 1. The van der Waals surface area contributed by atoms with E-state index in [1.165, 1.54) is 4.90 Å². The molecule has 0 aromatic carbocycles. The third-order valence-electron chi connectivity index (χ3n) is 1.81. The number of carboxylic acid groups (broad SMARTS) is 1. The van der Waals surface area contributed by atoms with E-state index in [1.807, 2.05) is 13.8 Å². The molecular weight excluding hydrogens is 144 g/mol. The van der Waals surface area contributed by atoms with Gasteiger partial charge in [-0.25, -0.2) is 4.79 Å². The van der Waals surface area contributed by atoms with E-state index in [0.717, 1.165) is 0 Å². The Kier molecular flexibility index (Phi) is 3.89. The highest BCUT2D eigenvalue weighted by molar-refractivity contribution is 5.65. The van der Waals surface area contributed by atoms with Crippen LogP contribution in [0.1, 0.15) is 13.8 Å². The standard InChI is InChI=1S/C7H16N2O2/c1-5(2)6(4-8)9(3)7(10)11/h5-6H,4,8H2,1-3H3,(H,10,11)/t6-/m1/s1. The summed E-state index contributed by atoms with van der Waals surface area (Å²) >= 11 is 0. The molecule has 0 spiro atoms. The van der Waals surface area contributed by atoms with Gasteiger partial charge in [0.2, 0.25) is 0 Å². The molecule has 0 saturated heterocycles. The fraction of sp³-hybridized carbons (Fsp3) is 0.857. The minimum absolute atomic E-state index is 0.0764. The van der Waals surface area contributed by atoms with Gasteiger partial charge in [-0.15, -0.1) is 0 Å². The summed E-state index contributed by atoms with van der Waals surface area (Å²) in [4.78, 5) is 11.7. The molecular formula is C7H16N2O2. The number of nitrogens with zero attached hydrogens (tertiary/aromatic N) is 1. The second-order valence-corrected chi connectivity index (χ2v) is 2.94. The third-order valence-corrected chi connectivity index (χ3v) is 1.81. The molecule has 0 rings (SSSR count). The second-order valence-electron chi connectivity index (χ2n) is 2.94. The Balaban J connectivity index is 4.13. The minimum atomic E-state index is -0.922. The van der Waals surface area contributed by atoms with Crippen molar-refractivity contribution < 1.29 is 9.90 Å². The summed E-state index contributed by atoms with van der Waals surface area (Å²) in [5.74, 6) is 0.265. The number of hydrogen-bond acceptors (Lipinski definition) is 2. The van der Waals surface area contributed by atoms with Crippen LogP contribution in [0.5, 0.6) is 0 Å². The predicted octanol–water partition coefficient (Wildman–Crippen LogP) is 0.580. The SMILES string of the molecule is CC(C)[C@@H](CN)N(C)C(=O)O. The molecule has 1 amide bonds. The maximum absolute atomic E-state index is 10.5. The van der Waals surface area contributed by atoms with Crippen LogP contribution in [-0.4, -0.2) is 35.7 Å². The van der Waals surface area contributed by atoms with Crippen molar-refractivity contribution in [2.75, 3.05) is 13.6 Å². The van der Waals surface area contributed by atoms with Crippen molar-refractivity contribution in [3.8, 4) is 0 Å². The van der Waals surface area contributed by atoms with Crippen LogP contribution < -0.4 is 5.73 Å². The topological polar surface area (TPSA) is 66.6 Å². The van der Waals surface area contributed by atoms with Crippen molar-refractivity contribution in [2.24, 2.45) is 11.7 Å². The van der Waals surface area contributed by atoms with Gasteiger partial charge in [-0.05, 0) is 5.92 Å². The van der Waals surface area contributed by atoms with Crippen LogP contribution in [0.2, 0.25) is 0 Å². The average molecular weight is 160 g/mol. The molecule has 0 fully saturated rings. The molecule has 3 N–H and O–H groups in total. The number of carbonyl (C=O) groups is 1. The Labute approximate surface area is 67.0 Å². The van der Waals surface area contributed by atoms with Gasteiger partial charge in [-0.3, -0.25) is 0 Å². The molecule has 0 bridgehead atoms. The number of nitrogens with two attached hydrogens (primary N) is 1. The summed E-state index contributed by atoms with van der Waals surface area (Å²) < 4.78 is 0. The van der Waals surface area contributed by atoms with E-state index in [9.17, 15) is 4.79 Å². The normalized spacial score (nSPS) is 13.2. The number of likely N-dealkylation sites (N-methyl/N-ethyl adjacent to an activating group) is 1. The number of hydrogen-bond donors (Lipinski definition) is 2. The molecule has 0 unspecified atom stereocenters. The summed E-state index contributed by atoms with van der Waals surface area (Å²) in [6.07, 6.45) is -0.922. The molecule has 0 aliphatic rings. The van der Waals surface area contributed by atoms with Crippen LogP contribution in [0.4, 0.5) is 4.79 Å². The van der Waals surface area contributed by atoms with E-state index in [2.05, 4.69) is 0 Å². The predicted molar refractivity (Wildman–Crippen MR) is 43.5 cm³/mol. The van der Waals surface area contributed by atoms with E-state index < -0.39 is 6.09 Å². The van der Waals surface area contributed by atoms with E-state index in [1.54, 1.807) is 7.05 Å². The van der Waals surface area contributed by atoms with Crippen LogP contribution in [0.3, 0.4) is 0 Å². The first kappa shape index (κ1) is 10.2. The lowest BCUT2D eigenvalue weighted by molar-refractivity contribution is 0.127. The van der Waals surface area contributed by atoms with Crippen LogP contribution in [0, 0.1) is 5.92 Å². The lowest BCUT2D eigenvalue weighted by atomic mass is 10.0. The Morgan fingerprint density at radius 2 is 2.09 bits per heavy atom.